The first kappa shape index (κ1) is 52.9. The third-order valence-corrected chi connectivity index (χ3v) is 20.3. The number of benzene rings is 11. The van der Waals surface area contributed by atoms with E-state index in [1.165, 1.54) is 152 Å². The van der Waals surface area contributed by atoms with E-state index in [0.29, 0.717) is 0 Å². The van der Waals surface area contributed by atoms with Crippen LogP contribution in [0.2, 0.25) is 0 Å². The SMILES string of the molecule is CC1(C)CCC(C)(C)c2cc(-c3ccccc3N3c4cc(-c5ccccc5-c5ccccc5)ccc4B4c5ccc(-c6ccccc6-c6ccccc6)cc5N(c5ccccc5-c5ccc6c(c5)C(C)(C)CCC6(C)C)c5cccc3c54)ccc21. The average Bonchev–Trinajstić information content (AvgIpc) is 0.941. The topological polar surface area (TPSA) is 6.48 Å². The summed E-state index contributed by atoms with van der Waals surface area (Å²) in [5.74, 6) is 0. The quantitative estimate of drug-likeness (QED) is 0.140. The van der Waals surface area contributed by atoms with Gasteiger partial charge in [0.05, 0.1) is 11.4 Å². The summed E-state index contributed by atoms with van der Waals surface area (Å²) >= 11 is 0. The van der Waals surface area contributed by atoms with E-state index in [-0.39, 0.29) is 28.4 Å². The van der Waals surface area contributed by atoms with Gasteiger partial charge in [0.15, 0.2) is 0 Å². The molecule has 2 aliphatic carbocycles. The molecule has 2 heterocycles. The van der Waals surface area contributed by atoms with Crippen molar-refractivity contribution in [3.63, 3.8) is 0 Å². The highest BCUT2D eigenvalue weighted by atomic mass is 15.2. The third kappa shape index (κ3) is 8.67. The first-order valence-electron chi connectivity index (χ1n) is 30.9. The number of hydrogen-bond acceptors (Lipinski definition) is 2. The lowest BCUT2D eigenvalue weighted by atomic mass is 9.33. The lowest BCUT2D eigenvalue weighted by Gasteiger charge is -2.45. The summed E-state index contributed by atoms with van der Waals surface area (Å²) in [6, 6.07) is 94.8. The van der Waals surface area contributed by atoms with Gasteiger partial charge in [-0.3, -0.25) is 0 Å². The molecule has 15 rings (SSSR count). The van der Waals surface area contributed by atoms with Crippen molar-refractivity contribution in [3.8, 4) is 66.8 Å². The molecule has 2 nitrogen and oxygen atoms in total. The summed E-state index contributed by atoms with van der Waals surface area (Å²) in [4.78, 5) is 5.27. The number of hydrogen-bond donors (Lipinski definition) is 0. The highest BCUT2D eigenvalue weighted by Gasteiger charge is 2.45. The van der Waals surface area contributed by atoms with Crippen molar-refractivity contribution in [1.82, 2.24) is 0 Å². The predicted molar refractivity (Wildman–Crippen MR) is 364 cm³/mol. The molecule has 3 heteroatoms. The van der Waals surface area contributed by atoms with Gasteiger partial charge in [0.25, 0.3) is 6.71 Å². The van der Waals surface area contributed by atoms with Crippen molar-refractivity contribution < 1.29 is 0 Å². The van der Waals surface area contributed by atoms with Crippen LogP contribution in [0.15, 0.2) is 249 Å². The Bertz CT molecular complexity index is 4170. The minimum absolute atomic E-state index is 0.0584. The summed E-state index contributed by atoms with van der Waals surface area (Å²) in [6.07, 6.45) is 4.68. The van der Waals surface area contributed by atoms with Gasteiger partial charge in [-0.2, -0.15) is 0 Å². The Morgan fingerprint density at radius 2 is 0.553 bits per heavy atom. The summed E-state index contributed by atoms with van der Waals surface area (Å²) in [5, 5.41) is 0. The second kappa shape index (κ2) is 19.9. The third-order valence-electron chi connectivity index (χ3n) is 20.3. The molecule has 85 heavy (non-hydrogen) atoms. The van der Waals surface area contributed by atoms with E-state index < -0.39 is 0 Å². The number of anilines is 6. The number of nitrogens with zero attached hydrogens (tertiary/aromatic N) is 2. The van der Waals surface area contributed by atoms with Crippen LogP contribution < -0.4 is 26.2 Å². The van der Waals surface area contributed by atoms with Gasteiger partial charge in [0.2, 0.25) is 0 Å². The van der Waals surface area contributed by atoms with Gasteiger partial charge in [-0.25, -0.2) is 0 Å². The molecule has 0 bridgehead atoms. The second-order valence-electron chi connectivity index (χ2n) is 27.3. The van der Waals surface area contributed by atoms with Crippen LogP contribution >= 0.6 is 0 Å². The maximum Gasteiger partial charge on any atom is 0.252 e. The van der Waals surface area contributed by atoms with Crippen LogP contribution in [0.25, 0.3) is 66.8 Å². The molecular weight excluding hydrogens is 1020 g/mol. The van der Waals surface area contributed by atoms with E-state index in [2.05, 4.69) is 314 Å². The molecular formula is C82H73BN2. The van der Waals surface area contributed by atoms with Crippen molar-refractivity contribution in [2.45, 2.75) is 103 Å². The molecule has 0 radical (unpaired) electrons. The van der Waals surface area contributed by atoms with Crippen molar-refractivity contribution in [1.29, 1.82) is 0 Å². The lowest BCUT2D eigenvalue weighted by molar-refractivity contribution is 0.332. The number of rotatable bonds is 8. The van der Waals surface area contributed by atoms with Crippen LogP contribution in [0.3, 0.4) is 0 Å². The number of fused-ring (bicyclic) bond motifs is 6. The van der Waals surface area contributed by atoms with Crippen LogP contribution in [0, 0.1) is 0 Å². The van der Waals surface area contributed by atoms with E-state index in [4.69, 9.17) is 0 Å². The van der Waals surface area contributed by atoms with Crippen molar-refractivity contribution in [2.75, 3.05) is 9.80 Å². The van der Waals surface area contributed by atoms with Gasteiger partial charge in [-0.05, 0) is 178 Å². The summed E-state index contributed by atoms with van der Waals surface area (Å²) in [7, 11) is 0. The second-order valence-corrected chi connectivity index (χ2v) is 27.3. The molecule has 4 aliphatic rings. The van der Waals surface area contributed by atoms with Crippen molar-refractivity contribution in [3.05, 3.63) is 271 Å². The fraction of sp³-hybridized carbons (Fsp3) is 0.195. The van der Waals surface area contributed by atoms with Gasteiger partial charge in [-0.15, -0.1) is 0 Å². The van der Waals surface area contributed by atoms with Crippen LogP contribution in [-0.2, 0) is 21.7 Å². The number of para-hydroxylation sites is 2. The molecule has 0 atom stereocenters. The molecule has 0 unspecified atom stereocenters. The molecule has 11 aromatic carbocycles. The van der Waals surface area contributed by atoms with E-state index >= 15 is 0 Å². The Labute approximate surface area is 504 Å². The monoisotopic (exact) mass is 1100 g/mol. The molecule has 0 spiro atoms. The Hall–Kier alpha value is -8.92. The molecule has 0 N–H and O–H groups in total. The van der Waals surface area contributed by atoms with Crippen molar-refractivity contribution in [2.24, 2.45) is 0 Å². The van der Waals surface area contributed by atoms with E-state index in [9.17, 15) is 0 Å². The fourth-order valence-corrected chi connectivity index (χ4v) is 15.3. The largest absolute Gasteiger partial charge is 0.311 e. The molecule has 0 amide bonds. The predicted octanol–water partition coefficient (Wildman–Crippen LogP) is 20.5. The highest BCUT2D eigenvalue weighted by molar-refractivity contribution is 7.00. The van der Waals surface area contributed by atoms with Gasteiger partial charge in [-0.1, -0.05) is 268 Å². The zero-order valence-electron chi connectivity index (χ0n) is 50.5. The van der Waals surface area contributed by atoms with Crippen LogP contribution in [0.4, 0.5) is 34.1 Å². The molecule has 0 aromatic heterocycles. The van der Waals surface area contributed by atoms with E-state index in [0.717, 1.165) is 12.8 Å². The van der Waals surface area contributed by atoms with Crippen molar-refractivity contribution >= 4 is 57.2 Å². The molecule has 414 valence electrons. The first-order valence-corrected chi connectivity index (χ1v) is 30.9. The summed E-state index contributed by atoms with van der Waals surface area (Å²) in [5.41, 5.74) is 31.8. The van der Waals surface area contributed by atoms with Crippen LogP contribution in [0.5, 0.6) is 0 Å². The zero-order valence-corrected chi connectivity index (χ0v) is 50.5. The minimum Gasteiger partial charge on any atom is -0.311 e. The van der Waals surface area contributed by atoms with Crippen LogP contribution in [-0.4, -0.2) is 6.71 Å². The lowest BCUT2D eigenvalue weighted by Crippen LogP contribution is -2.61. The van der Waals surface area contributed by atoms with E-state index in [1.807, 2.05) is 0 Å². The average molecular weight is 1100 g/mol. The zero-order chi connectivity index (χ0) is 58.0. The maximum absolute atomic E-state index is 2.63. The van der Waals surface area contributed by atoms with Gasteiger partial charge in [0.1, 0.15) is 0 Å². The molecule has 0 fully saturated rings. The van der Waals surface area contributed by atoms with E-state index in [1.54, 1.807) is 0 Å². The summed E-state index contributed by atoms with van der Waals surface area (Å²) in [6.45, 7) is 19.4. The van der Waals surface area contributed by atoms with Gasteiger partial charge < -0.3 is 9.80 Å². The molecule has 11 aromatic rings. The Morgan fingerprint density at radius 1 is 0.247 bits per heavy atom. The smallest absolute Gasteiger partial charge is 0.252 e. The van der Waals surface area contributed by atoms with Gasteiger partial charge in [0, 0.05) is 33.9 Å². The van der Waals surface area contributed by atoms with Gasteiger partial charge >= 0.3 is 0 Å². The molecule has 0 saturated heterocycles. The first-order chi connectivity index (χ1) is 41.1. The minimum atomic E-state index is -0.0848. The highest BCUT2D eigenvalue weighted by Crippen LogP contribution is 2.53. The normalized spacial score (nSPS) is 16.4. The molecule has 0 saturated carbocycles. The fourth-order valence-electron chi connectivity index (χ4n) is 15.3. The molecule has 2 aliphatic heterocycles. The Kier molecular flexibility index (Phi) is 12.3. The maximum atomic E-state index is 2.63. The Balaban J connectivity index is 1.00. The summed E-state index contributed by atoms with van der Waals surface area (Å²) < 4.78 is 0. The van der Waals surface area contributed by atoms with Crippen LogP contribution in [0.1, 0.15) is 103 Å². The standard InChI is InChI=1S/C82H73BN2/c1-79(2)46-48-81(5,6)68-50-56(38-42-66(68)79)64-32-19-21-34-72(64)84-74-36-23-37-75-78(74)83(70-44-40-58(52-76(70)84)62-30-17-15-28-60(62)54-24-11-9-12-25-54)71-45-41-59(63-31-18-16-29-61(63)55-26-13-10-14-27-55)53-77(71)85(75)73-35-22-20-33-65(73)57-39-43-67-69(51-57)82(7,8)49-47-80(67,3)4/h9-45,50-53H,46-49H2,1-8H3. The Morgan fingerprint density at radius 3 is 0.953 bits per heavy atom.